The van der Waals surface area contributed by atoms with Crippen LogP contribution in [0.15, 0.2) is 18.2 Å². The number of ether oxygens (including phenoxy) is 1. The van der Waals surface area contributed by atoms with Gasteiger partial charge in [-0.05, 0) is 50.3 Å². The Balaban J connectivity index is 2.61. The van der Waals surface area contributed by atoms with Crippen molar-refractivity contribution in [3.05, 3.63) is 29.3 Å². The van der Waals surface area contributed by atoms with E-state index in [1.54, 1.807) is 0 Å². The molecule has 1 aromatic carbocycles. The maximum atomic E-state index is 6.15. The number of nitrogens with one attached hydrogen (secondary N) is 1. The molecule has 20 heavy (non-hydrogen) atoms. The average Bonchev–Trinajstić information content (AvgIpc) is 2.36. The quantitative estimate of drug-likeness (QED) is 0.746. The Morgan fingerprint density at radius 2 is 1.85 bits per heavy atom. The van der Waals surface area contributed by atoms with Gasteiger partial charge < -0.3 is 10.1 Å². The Kier molecular flexibility index (Phi) is 7.08. The van der Waals surface area contributed by atoms with Crippen LogP contribution in [0.1, 0.15) is 64.5 Å². The molecule has 0 saturated heterocycles. The van der Waals surface area contributed by atoms with E-state index in [9.17, 15) is 0 Å². The molecule has 2 atom stereocenters. The number of hydrogen-bond acceptors (Lipinski definition) is 2. The van der Waals surface area contributed by atoms with Crippen molar-refractivity contribution in [3.63, 3.8) is 0 Å². The summed E-state index contributed by atoms with van der Waals surface area (Å²) >= 11 is 0. The zero-order chi connectivity index (χ0) is 15.1. The van der Waals surface area contributed by atoms with Crippen molar-refractivity contribution >= 4 is 0 Å². The standard InChI is InChI=1S/C18H31NO/c1-7-8-15(5)19-12-16(6)20-18-11-14(4)9-10-17(18)13(2)3/h9-11,13,15-16,19H,7-8,12H2,1-6H3. The van der Waals surface area contributed by atoms with Crippen LogP contribution in [0.25, 0.3) is 0 Å². The van der Waals surface area contributed by atoms with Crippen LogP contribution < -0.4 is 10.1 Å². The lowest BCUT2D eigenvalue weighted by atomic mass is 10.0. The van der Waals surface area contributed by atoms with Crippen LogP contribution in [0.5, 0.6) is 5.75 Å². The van der Waals surface area contributed by atoms with Gasteiger partial charge in [0, 0.05) is 12.6 Å². The van der Waals surface area contributed by atoms with Gasteiger partial charge >= 0.3 is 0 Å². The van der Waals surface area contributed by atoms with Crippen LogP contribution >= 0.6 is 0 Å². The molecule has 1 aromatic rings. The molecule has 0 spiro atoms. The third-order valence-electron chi connectivity index (χ3n) is 3.59. The Labute approximate surface area is 124 Å². The Bertz CT molecular complexity index is 400. The fraction of sp³-hybridized carbons (Fsp3) is 0.667. The molecule has 0 fully saturated rings. The van der Waals surface area contributed by atoms with E-state index < -0.39 is 0 Å². The summed E-state index contributed by atoms with van der Waals surface area (Å²) in [5.74, 6) is 1.53. The highest BCUT2D eigenvalue weighted by Gasteiger charge is 2.12. The molecule has 2 nitrogen and oxygen atoms in total. The molecule has 2 heteroatoms. The van der Waals surface area contributed by atoms with Gasteiger partial charge in [0.05, 0.1) is 0 Å². The van der Waals surface area contributed by atoms with Crippen LogP contribution in [-0.4, -0.2) is 18.7 Å². The summed E-state index contributed by atoms with van der Waals surface area (Å²) in [4.78, 5) is 0. The van der Waals surface area contributed by atoms with Crippen molar-refractivity contribution in [1.82, 2.24) is 5.32 Å². The molecule has 0 bridgehead atoms. The Morgan fingerprint density at radius 3 is 2.45 bits per heavy atom. The first-order chi connectivity index (χ1) is 9.43. The van der Waals surface area contributed by atoms with Crippen LogP contribution in [-0.2, 0) is 0 Å². The first-order valence-electron chi connectivity index (χ1n) is 7.94. The molecule has 114 valence electrons. The molecule has 1 N–H and O–H groups in total. The fourth-order valence-corrected chi connectivity index (χ4v) is 2.38. The smallest absolute Gasteiger partial charge is 0.123 e. The van der Waals surface area contributed by atoms with Gasteiger partial charge in [-0.25, -0.2) is 0 Å². The normalized spacial score (nSPS) is 14.3. The van der Waals surface area contributed by atoms with Crippen LogP contribution in [0.3, 0.4) is 0 Å². The molecule has 0 aliphatic heterocycles. The predicted octanol–water partition coefficient (Wildman–Crippen LogP) is 4.66. The fourth-order valence-electron chi connectivity index (χ4n) is 2.38. The molecule has 0 aliphatic carbocycles. The van der Waals surface area contributed by atoms with E-state index in [0.29, 0.717) is 12.0 Å². The zero-order valence-electron chi connectivity index (χ0n) is 14.0. The highest BCUT2D eigenvalue weighted by molar-refractivity contribution is 5.39. The largest absolute Gasteiger partial charge is 0.489 e. The molecule has 0 aromatic heterocycles. The molecule has 0 amide bonds. The molecule has 0 radical (unpaired) electrons. The van der Waals surface area contributed by atoms with Crippen molar-refractivity contribution in [2.45, 2.75) is 72.4 Å². The number of rotatable bonds is 8. The third-order valence-corrected chi connectivity index (χ3v) is 3.59. The minimum atomic E-state index is 0.189. The molecular formula is C18H31NO. The number of hydrogen-bond donors (Lipinski definition) is 1. The van der Waals surface area contributed by atoms with Crippen molar-refractivity contribution in [3.8, 4) is 5.75 Å². The van der Waals surface area contributed by atoms with Crippen molar-refractivity contribution in [2.75, 3.05) is 6.54 Å². The molecule has 1 rings (SSSR count). The lowest BCUT2D eigenvalue weighted by molar-refractivity contribution is 0.209. The van der Waals surface area contributed by atoms with Gasteiger partial charge in [-0.2, -0.15) is 0 Å². The van der Waals surface area contributed by atoms with Crippen LogP contribution in [0.2, 0.25) is 0 Å². The second-order valence-electron chi connectivity index (χ2n) is 6.22. The van der Waals surface area contributed by atoms with E-state index in [1.807, 2.05) is 0 Å². The lowest BCUT2D eigenvalue weighted by Crippen LogP contribution is -2.35. The van der Waals surface area contributed by atoms with E-state index >= 15 is 0 Å². The molecule has 0 saturated carbocycles. The van der Waals surface area contributed by atoms with Gasteiger partial charge in [-0.15, -0.1) is 0 Å². The third kappa shape index (κ3) is 5.54. The predicted molar refractivity (Wildman–Crippen MR) is 87.7 cm³/mol. The minimum absolute atomic E-state index is 0.189. The second-order valence-corrected chi connectivity index (χ2v) is 6.22. The summed E-state index contributed by atoms with van der Waals surface area (Å²) in [6.07, 6.45) is 2.63. The maximum Gasteiger partial charge on any atom is 0.123 e. The second kappa shape index (κ2) is 8.31. The highest BCUT2D eigenvalue weighted by atomic mass is 16.5. The van der Waals surface area contributed by atoms with E-state index in [4.69, 9.17) is 4.74 Å². The van der Waals surface area contributed by atoms with Crippen LogP contribution in [0, 0.1) is 6.92 Å². The summed E-state index contributed by atoms with van der Waals surface area (Å²) in [5, 5.41) is 3.54. The van der Waals surface area contributed by atoms with Crippen molar-refractivity contribution in [2.24, 2.45) is 0 Å². The van der Waals surface area contributed by atoms with E-state index in [-0.39, 0.29) is 6.10 Å². The molecule has 2 unspecified atom stereocenters. The van der Waals surface area contributed by atoms with Crippen molar-refractivity contribution in [1.29, 1.82) is 0 Å². The van der Waals surface area contributed by atoms with Gasteiger partial charge in [0.1, 0.15) is 11.9 Å². The van der Waals surface area contributed by atoms with Gasteiger partial charge in [0.25, 0.3) is 0 Å². The Hall–Kier alpha value is -1.02. The van der Waals surface area contributed by atoms with Crippen LogP contribution in [0.4, 0.5) is 0 Å². The topological polar surface area (TPSA) is 21.3 Å². The summed E-state index contributed by atoms with van der Waals surface area (Å²) in [6.45, 7) is 14.0. The lowest BCUT2D eigenvalue weighted by Gasteiger charge is -2.21. The Morgan fingerprint density at radius 1 is 1.15 bits per heavy atom. The molecule has 0 aliphatic rings. The van der Waals surface area contributed by atoms with E-state index in [2.05, 4.69) is 65.1 Å². The van der Waals surface area contributed by atoms with E-state index in [0.717, 1.165) is 12.3 Å². The summed E-state index contributed by atoms with van der Waals surface area (Å²) in [7, 11) is 0. The van der Waals surface area contributed by atoms with Gasteiger partial charge in [0.2, 0.25) is 0 Å². The number of aryl methyl sites for hydroxylation is 1. The first-order valence-corrected chi connectivity index (χ1v) is 7.94. The minimum Gasteiger partial charge on any atom is -0.489 e. The zero-order valence-corrected chi connectivity index (χ0v) is 14.0. The van der Waals surface area contributed by atoms with Gasteiger partial charge in [0.15, 0.2) is 0 Å². The number of benzene rings is 1. The summed E-state index contributed by atoms with van der Waals surface area (Å²) in [5.41, 5.74) is 2.55. The maximum absolute atomic E-state index is 6.15. The SMILES string of the molecule is CCCC(C)NCC(C)Oc1cc(C)ccc1C(C)C. The monoisotopic (exact) mass is 277 g/mol. The average molecular weight is 277 g/mol. The van der Waals surface area contributed by atoms with E-state index in [1.165, 1.54) is 24.0 Å². The molecular weight excluding hydrogens is 246 g/mol. The summed E-state index contributed by atoms with van der Waals surface area (Å²) in [6, 6.07) is 7.07. The van der Waals surface area contributed by atoms with Gasteiger partial charge in [-0.3, -0.25) is 0 Å². The van der Waals surface area contributed by atoms with Crippen molar-refractivity contribution < 1.29 is 4.74 Å². The first kappa shape index (κ1) is 17.0. The summed E-state index contributed by atoms with van der Waals surface area (Å²) < 4.78 is 6.15. The molecule has 0 heterocycles. The van der Waals surface area contributed by atoms with Gasteiger partial charge in [-0.1, -0.05) is 39.3 Å². The highest BCUT2D eigenvalue weighted by Crippen LogP contribution is 2.28.